The number of benzene rings is 4. The number of rotatable bonds is 6. The fraction of sp³-hybridized carbons (Fsp3) is 0.103. The fourth-order valence-corrected chi connectivity index (χ4v) is 4.56. The van der Waals surface area contributed by atoms with Crippen molar-refractivity contribution < 1.29 is 17.9 Å². The van der Waals surface area contributed by atoms with Crippen LogP contribution in [-0.2, 0) is 19.2 Å². The van der Waals surface area contributed by atoms with E-state index >= 15 is 0 Å². The van der Waals surface area contributed by atoms with Crippen LogP contribution in [0.1, 0.15) is 22.4 Å². The van der Waals surface area contributed by atoms with Crippen LogP contribution in [0.2, 0.25) is 10.0 Å². The van der Waals surface area contributed by atoms with Gasteiger partial charge in [0.2, 0.25) is 0 Å². The van der Waals surface area contributed by atoms with Crippen LogP contribution < -0.4 is 4.74 Å². The van der Waals surface area contributed by atoms with Crippen molar-refractivity contribution in [1.29, 1.82) is 0 Å². The van der Waals surface area contributed by atoms with Gasteiger partial charge >= 0.3 is 6.18 Å². The molecule has 0 saturated heterocycles. The van der Waals surface area contributed by atoms with Crippen LogP contribution in [0.25, 0.3) is 22.0 Å². The first-order chi connectivity index (χ1) is 17.8. The van der Waals surface area contributed by atoms with E-state index in [0.717, 1.165) is 17.2 Å². The molecule has 0 fully saturated rings. The Bertz CT molecular complexity index is 1570. The van der Waals surface area contributed by atoms with Crippen molar-refractivity contribution in [3.8, 4) is 16.9 Å². The Kier molecular flexibility index (Phi) is 7.04. The van der Waals surface area contributed by atoms with Crippen molar-refractivity contribution in [2.75, 3.05) is 0 Å². The molecule has 37 heavy (non-hydrogen) atoms. The highest BCUT2D eigenvalue weighted by molar-refractivity contribution is 6.33. The van der Waals surface area contributed by atoms with E-state index in [0.29, 0.717) is 44.4 Å². The van der Waals surface area contributed by atoms with Crippen molar-refractivity contribution in [2.45, 2.75) is 19.2 Å². The lowest BCUT2D eigenvalue weighted by Crippen LogP contribution is -2.09. The van der Waals surface area contributed by atoms with Crippen LogP contribution >= 0.6 is 23.2 Å². The molecule has 0 aliphatic carbocycles. The third-order valence-electron chi connectivity index (χ3n) is 5.91. The lowest BCUT2D eigenvalue weighted by atomic mass is 9.94. The molecular formula is C29H19Cl2F3N2O. The van der Waals surface area contributed by atoms with Crippen LogP contribution in [0.3, 0.4) is 0 Å². The summed E-state index contributed by atoms with van der Waals surface area (Å²) < 4.78 is 47.3. The van der Waals surface area contributed by atoms with Gasteiger partial charge in [-0.25, -0.2) is 0 Å². The van der Waals surface area contributed by atoms with Gasteiger partial charge in [0, 0.05) is 33.0 Å². The molecule has 0 saturated carbocycles. The molecule has 8 heteroatoms. The predicted molar refractivity (Wildman–Crippen MR) is 140 cm³/mol. The maximum Gasteiger partial charge on any atom is 0.418 e. The lowest BCUT2D eigenvalue weighted by molar-refractivity contribution is -0.136. The van der Waals surface area contributed by atoms with Crippen molar-refractivity contribution in [3.05, 3.63) is 123 Å². The first-order valence-electron chi connectivity index (χ1n) is 11.4. The molecule has 0 N–H and O–H groups in total. The molecule has 0 spiro atoms. The second-order valence-corrected chi connectivity index (χ2v) is 9.28. The average Bonchev–Trinajstić information content (AvgIpc) is 2.89. The molecule has 4 aromatic carbocycles. The molecule has 0 bridgehead atoms. The highest BCUT2D eigenvalue weighted by Crippen LogP contribution is 2.39. The zero-order valence-electron chi connectivity index (χ0n) is 19.3. The molecule has 0 unspecified atom stereocenters. The van der Waals surface area contributed by atoms with Gasteiger partial charge in [-0.05, 0) is 47.5 Å². The number of ether oxygens (including phenoxy) is 1. The normalized spacial score (nSPS) is 11.6. The summed E-state index contributed by atoms with van der Waals surface area (Å²) in [7, 11) is 0. The van der Waals surface area contributed by atoms with E-state index in [1.54, 1.807) is 42.5 Å². The Labute approximate surface area is 221 Å². The lowest BCUT2D eigenvalue weighted by Gasteiger charge is -2.16. The summed E-state index contributed by atoms with van der Waals surface area (Å²) in [5.41, 5.74) is 2.47. The number of aromatic nitrogens is 2. The van der Waals surface area contributed by atoms with E-state index in [9.17, 15) is 13.2 Å². The summed E-state index contributed by atoms with van der Waals surface area (Å²) in [5.74, 6) is 0.524. The third kappa shape index (κ3) is 5.55. The maximum absolute atomic E-state index is 13.8. The van der Waals surface area contributed by atoms with Gasteiger partial charge in [-0.15, -0.1) is 5.10 Å². The summed E-state index contributed by atoms with van der Waals surface area (Å²) in [6.45, 7) is 0.174. The van der Waals surface area contributed by atoms with Crippen LogP contribution in [0, 0.1) is 0 Å². The van der Waals surface area contributed by atoms with Gasteiger partial charge in [-0.1, -0.05) is 77.8 Å². The molecule has 5 aromatic rings. The predicted octanol–water partition coefficient (Wildman–Crippen LogP) is 8.79. The number of hydrogen-bond donors (Lipinski definition) is 0. The Balaban J connectivity index is 1.60. The van der Waals surface area contributed by atoms with Crippen LogP contribution in [0.5, 0.6) is 5.75 Å². The molecule has 0 amide bonds. The zero-order valence-corrected chi connectivity index (χ0v) is 20.8. The standard InChI is InChI=1S/C29H19Cl2F3N2O/c30-21-12-13-25(31)20(15-21)17-37-22-9-4-8-19(16-22)27-23-10-5-11-24(29(32,33)34)28(23)36-35-26(27)14-18-6-2-1-3-7-18/h1-13,15-16H,14,17H2. The van der Waals surface area contributed by atoms with Gasteiger partial charge in [0.1, 0.15) is 17.9 Å². The van der Waals surface area contributed by atoms with Crippen LogP contribution in [0.15, 0.2) is 91.0 Å². The monoisotopic (exact) mass is 538 g/mol. The number of hydrogen-bond acceptors (Lipinski definition) is 3. The van der Waals surface area contributed by atoms with Crippen molar-refractivity contribution in [3.63, 3.8) is 0 Å². The first-order valence-corrected chi connectivity index (χ1v) is 12.1. The van der Waals surface area contributed by atoms with Crippen LogP contribution in [-0.4, -0.2) is 10.2 Å². The van der Waals surface area contributed by atoms with Gasteiger partial charge in [-0.3, -0.25) is 0 Å². The minimum absolute atomic E-state index is 0.174. The van der Waals surface area contributed by atoms with Crippen molar-refractivity contribution in [1.82, 2.24) is 10.2 Å². The molecule has 3 nitrogen and oxygen atoms in total. The Morgan fingerprint density at radius 2 is 1.57 bits per heavy atom. The fourth-order valence-electron chi connectivity index (χ4n) is 4.19. The van der Waals surface area contributed by atoms with Gasteiger partial charge in [-0.2, -0.15) is 18.3 Å². The molecule has 186 valence electrons. The molecule has 5 rings (SSSR count). The van der Waals surface area contributed by atoms with Crippen molar-refractivity contribution in [2.24, 2.45) is 0 Å². The molecular weight excluding hydrogens is 520 g/mol. The smallest absolute Gasteiger partial charge is 0.418 e. The second kappa shape index (κ2) is 10.4. The van der Waals surface area contributed by atoms with Gasteiger partial charge in [0.05, 0.1) is 11.3 Å². The highest BCUT2D eigenvalue weighted by Gasteiger charge is 2.34. The summed E-state index contributed by atoms with van der Waals surface area (Å²) in [4.78, 5) is 0. The second-order valence-electron chi connectivity index (χ2n) is 8.44. The van der Waals surface area contributed by atoms with Crippen molar-refractivity contribution >= 4 is 34.1 Å². The SMILES string of the molecule is FC(F)(F)c1cccc2c(-c3cccc(OCc4cc(Cl)ccc4Cl)c3)c(Cc3ccccc3)nnc12. The number of fused-ring (bicyclic) bond motifs is 1. The molecule has 0 aliphatic heterocycles. The first kappa shape index (κ1) is 25.1. The van der Waals surface area contributed by atoms with Gasteiger partial charge in [0.25, 0.3) is 0 Å². The Morgan fingerprint density at radius 3 is 2.35 bits per heavy atom. The molecule has 1 aromatic heterocycles. The largest absolute Gasteiger partial charge is 0.489 e. The van der Waals surface area contributed by atoms with E-state index < -0.39 is 11.7 Å². The van der Waals surface area contributed by atoms with Gasteiger partial charge < -0.3 is 4.74 Å². The number of nitrogens with zero attached hydrogens (tertiary/aromatic N) is 2. The Morgan fingerprint density at radius 1 is 0.784 bits per heavy atom. The maximum atomic E-state index is 13.8. The number of alkyl halides is 3. The van der Waals surface area contributed by atoms with E-state index in [-0.39, 0.29) is 12.1 Å². The van der Waals surface area contributed by atoms with Crippen LogP contribution in [0.4, 0.5) is 13.2 Å². The molecule has 0 radical (unpaired) electrons. The van der Waals surface area contributed by atoms with E-state index in [2.05, 4.69) is 10.2 Å². The summed E-state index contributed by atoms with van der Waals surface area (Å²) in [6.07, 6.45) is -4.16. The number of halogens is 5. The van der Waals surface area contributed by atoms with E-state index in [1.165, 1.54) is 6.07 Å². The van der Waals surface area contributed by atoms with E-state index in [1.807, 2.05) is 36.4 Å². The highest BCUT2D eigenvalue weighted by atomic mass is 35.5. The molecule has 0 atom stereocenters. The summed E-state index contributed by atoms with van der Waals surface area (Å²) in [5, 5.41) is 9.72. The minimum atomic E-state index is -4.56. The zero-order chi connectivity index (χ0) is 26.0. The summed E-state index contributed by atoms with van der Waals surface area (Å²) >= 11 is 12.3. The quantitative estimate of drug-likeness (QED) is 0.216. The molecule has 0 aliphatic rings. The summed E-state index contributed by atoms with van der Waals surface area (Å²) in [6, 6.07) is 25.9. The average molecular weight is 539 g/mol. The minimum Gasteiger partial charge on any atom is -0.489 e. The van der Waals surface area contributed by atoms with E-state index in [4.69, 9.17) is 27.9 Å². The van der Waals surface area contributed by atoms with Gasteiger partial charge in [0.15, 0.2) is 0 Å². The molecule has 1 heterocycles. The third-order valence-corrected chi connectivity index (χ3v) is 6.51. The topological polar surface area (TPSA) is 35.0 Å². The Hall–Kier alpha value is -3.61.